The van der Waals surface area contributed by atoms with E-state index < -0.39 is 0 Å². The van der Waals surface area contributed by atoms with Crippen molar-refractivity contribution in [3.63, 3.8) is 0 Å². The van der Waals surface area contributed by atoms with Crippen LogP contribution in [0.3, 0.4) is 0 Å². The third-order valence-corrected chi connectivity index (χ3v) is 5.04. The van der Waals surface area contributed by atoms with Crippen LogP contribution < -0.4 is 0 Å². The molecular weight excluding hydrogens is 198 g/mol. The number of fused-ring (bicyclic) bond motifs is 1. The summed E-state index contributed by atoms with van der Waals surface area (Å²) in [5.74, 6) is 1.82. The molecule has 0 aromatic carbocycles. The topological polar surface area (TPSA) is 40.9 Å². The van der Waals surface area contributed by atoms with Gasteiger partial charge in [0.05, 0.1) is 6.07 Å². The highest BCUT2D eigenvalue weighted by Crippen LogP contribution is 2.56. The Morgan fingerprint density at radius 2 is 2.31 bits per heavy atom. The molecule has 0 amide bonds. The Hall–Kier alpha value is -0.840. The molecule has 0 saturated heterocycles. The summed E-state index contributed by atoms with van der Waals surface area (Å²) < 4.78 is 0. The largest absolute Gasteiger partial charge is 0.299 e. The Morgan fingerprint density at radius 1 is 1.56 bits per heavy atom. The summed E-state index contributed by atoms with van der Waals surface area (Å²) in [5, 5.41) is 8.81. The highest BCUT2D eigenvalue weighted by atomic mass is 16.1. The van der Waals surface area contributed by atoms with Crippen LogP contribution in [0, 0.1) is 34.5 Å². The van der Waals surface area contributed by atoms with Crippen LogP contribution >= 0.6 is 0 Å². The Labute approximate surface area is 98.0 Å². The van der Waals surface area contributed by atoms with Crippen LogP contribution in [0.4, 0.5) is 0 Å². The molecule has 2 rings (SSSR count). The van der Waals surface area contributed by atoms with Crippen molar-refractivity contribution in [2.75, 3.05) is 0 Å². The van der Waals surface area contributed by atoms with E-state index in [4.69, 9.17) is 5.26 Å². The molecule has 2 aliphatic carbocycles. The second kappa shape index (κ2) is 4.20. The van der Waals surface area contributed by atoms with E-state index in [0.29, 0.717) is 30.0 Å². The molecule has 0 aromatic heterocycles. The van der Waals surface area contributed by atoms with Crippen molar-refractivity contribution in [1.82, 2.24) is 0 Å². The van der Waals surface area contributed by atoms with Gasteiger partial charge in [0.25, 0.3) is 0 Å². The first-order chi connectivity index (χ1) is 7.59. The van der Waals surface area contributed by atoms with E-state index in [1.54, 1.807) is 0 Å². The number of ketones is 1. The van der Waals surface area contributed by atoms with E-state index in [9.17, 15) is 4.79 Å². The Bertz CT molecular complexity index is 330. The Morgan fingerprint density at radius 3 is 3.00 bits per heavy atom. The summed E-state index contributed by atoms with van der Waals surface area (Å²) in [6.07, 6.45) is 5.89. The Balaban J connectivity index is 2.18. The summed E-state index contributed by atoms with van der Waals surface area (Å²) in [6, 6.07) is 2.28. The summed E-state index contributed by atoms with van der Waals surface area (Å²) in [7, 11) is 0. The molecule has 2 nitrogen and oxygen atoms in total. The predicted molar refractivity (Wildman–Crippen MR) is 62.6 cm³/mol. The smallest absolute Gasteiger partial charge is 0.136 e. The fraction of sp³-hybridized carbons (Fsp3) is 0.857. The number of rotatable bonds is 2. The lowest BCUT2D eigenvalue weighted by Crippen LogP contribution is -2.39. The van der Waals surface area contributed by atoms with Crippen LogP contribution in [0.2, 0.25) is 0 Å². The van der Waals surface area contributed by atoms with Gasteiger partial charge in [-0.25, -0.2) is 0 Å². The minimum Gasteiger partial charge on any atom is -0.299 e. The van der Waals surface area contributed by atoms with Crippen molar-refractivity contribution in [3.05, 3.63) is 0 Å². The van der Waals surface area contributed by atoms with E-state index in [1.807, 2.05) is 0 Å². The van der Waals surface area contributed by atoms with Crippen molar-refractivity contribution in [2.45, 2.75) is 52.4 Å². The molecule has 0 spiro atoms. The predicted octanol–water partition coefficient (Wildman–Crippen LogP) is 3.32. The monoisotopic (exact) mass is 219 g/mol. The minimum absolute atomic E-state index is 0.200. The van der Waals surface area contributed by atoms with Gasteiger partial charge in [-0.2, -0.15) is 5.26 Å². The van der Waals surface area contributed by atoms with Crippen LogP contribution in [0.1, 0.15) is 52.4 Å². The fourth-order valence-corrected chi connectivity index (χ4v) is 4.19. The highest BCUT2D eigenvalue weighted by Gasteiger charge is 2.52. The highest BCUT2D eigenvalue weighted by molar-refractivity contribution is 5.83. The molecule has 0 radical (unpaired) electrons. The molecule has 0 aliphatic heterocycles. The number of nitriles is 1. The first-order valence-electron chi connectivity index (χ1n) is 6.49. The first kappa shape index (κ1) is 11.6. The number of hydrogen-bond acceptors (Lipinski definition) is 2. The van der Waals surface area contributed by atoms with Crippen molar-refractivity contribution in [2.24, 2.45) is 23.2 Å². The maximum Gasteiger partial charge on any atom is 0.136 e. The molecular formula is C14H21NO. The average Bonchev–Trinajstić information content (AvgIpc) is 2.57. The molecule has 16 heavy (non-hydrogen) atoms. The van der Waals surface area contributed by atoms with Gasteiger partial charge in [0.2, 0.25) is 0 Å². The van der Waals surface area contributed by atoms with Gasteiger partial charge in [-0.1, -0.05) is 13.8 Å². The summed E-state index contributed by atoms with van der Waals surface area (Å²) >= 11 is 0. The number of carbonyl (C=O) groups excluding carboxylic acids is 1. The number of hydrogen-bond donors (Lipinski definition) is 0. The molecule has 88 valence electrons. The van der Waals surface area contributed by atoms with Gasteiger partial charge >= 0.3 is 0 Å². The second-order valence-electron chi connectivity index (χ2n) is 5.90. The van der Waals surface area contributed by atoms with Crippen molar-refractivity contribution < 1.29 is 4.79 Å². The number of Topliss-reactive ketones (excluding diaryl/α,β-unsaturated/α-hetero) is 1. The lowest BCUT2D eigenvalue weighted by molar-refractivity contribution is -0.130. The molecule has 2 saturated carbocycles. The maximum atomic E-state index is 11.9. The minimum atomic E-state index is 0.200. The van der Waals surface area contributed by atoms with E-state index in [0.717, 1.165) is 25.7 Å². The third-order valence-electron chi connectivity index (χ3n) is 5.04. The second-order valence-corrected chi connectivity index (χ2v) is 5.90. The van der Waals surface area contributed by atoms with E-state index in [-0.39, 0.29) is 5.41 Å². The first-order valence-corrected chi connectivity index (χ1v) is 6.49. The van der Waals surface area contributed by atoms with E-state index >= 15 is 0 Å². The van der Waals surface area contributed by atoms with E-state index in [2.05, 4.69) is 19.9 Å². The molecule has 0 bridgehead atoms. The standard InChI is InChI=1S/C14H21NO/c1-10(7-9-15)11-5-6-12-13(16)4-3-8-14(11,12)2/h10-12H,3-8H2,1-2H3/t10-,11-,12+,14-/m1/s1. The van der Waals surface area contributed by atoms with Crippen LogP contribution in [0.5, 0.6) is 0 Å². The summed E-state index contributed by atoms with van der Waals surface area (Å²) in [5.41, 5.74) is 0.200. The SMILES string of the molecule is C[C@H](CC#N)[C@H]1CC[C@H]2C(=O)CCC[C@]12C. The molecule has 2 heteroatoms. The quantitative estimate of drug-likeness (QED) is 0.714. The molecule has 2 aliphatic rings. The molecule has 4 atom stereocenters. The zero-order valence-electron chi connectivity index (χ0n) is 10.3. The summed E-state index contributed by atoms with van der Waals surface area (Å²) in [6.45, 7) is 4.47. The van der Waals surface area contributed by atoms with Crippen LogP contribution in [-0.4, -0.2) is 5.78 Å². The molecule has 0 unspecified atom stereocenters. The lowest BCUT2D eigenvalue weighted by Gasteiger charge is -2.41. The zero-order valence-corrected chi connectivity index (χ0v) is 10.3. The van der Waals surface area contributed by atoms with Gasteiger partial charge in [0, 0.05) is 18.8 Å². The van der Waals surface area contributed by atoms with Gasteiger partial charge in [0.15, 0.2) is 0 Å². The number of nitrogens with zero attached hydrogens (tertiary/aromatic N) is 1. The normalized spacial score (nSPS) is 40.2. The van der Waals surface area contributed by atoms with Gasteiger partial charge in [-0.15, -0.1) is 0 Å². The molecule has 0 heterocycles. The number of carbonyl (C=O) groups is 1. The van der Waals surface area contributed by atoms with Gasteiger partial charge in [-0.05, 0) is 42.9 Å². The molecule has 0 aromatic rings. The third kappa shape index (κ3) is 1.67. The van der Waals surface area contributed by atoms with Crippen LogP contribution in [0.15, 0.2) is 0 Å². The fourth-order valence-electron chi connectivity index (χ4n) is 4.19. The zero-order chi connectivity index (χ0) is 11.8. The van der Waals surface area contributed by atoms with Gasteiger partial charge < -0.3 is 0 Å². The van der Waals surface area contributed by atoms with Crippen molar-refractivity contribution in [3.8, 4) is 6.07 Å². The molecule has 0 N–H and O–H groups in total. The van der Waals surface area contributed by atoms with Crippen molar-refractivity contribution >= 4 is 5.78 Å². The maximum absolute atomic E-state index is 11.9. The van der Waals surface area contributed by atoms with Crippen molar-refractivity contribution in [1.29, 1.82) is 5.26 Å². The Kier molecular flexibility index (Phi) is 3.06. The summed E-state index contributed by atoms with van der Waals surface area (Å²) in [4.78, 5) is 11.9. The van der Waals surface area contributed by atoms with Gasteiger partial charge in [0.1, 0.15) is 5.78 Å². The average molecular weight is 219 g/mol. The van der Waals surface area contributed by atoms with Crippen LogP contribution in [0.25, 0.3) is 0 Å². The van der Waals surface area contributed by atoms with E-state index in [1.165, 1.54) is 6.42 Å². The van der Waals surface area contributed by atoms with Crippen LogP contribution in [-0.2, 0) is 4.79 Å². The van der Waals surface area contributed by atoms with Gasteiger partial charge in [-0.3, -0.25) is 4.79 Å². The lowest BCUT2D eigenvalue weighted by atomic mass is 9.62. The molecule has 2 fully saturated rings.